The number of rotatable bonds is 2. The lowest BCUT2D eigenvalue weighted by Gasteiger charge is -2.42. The van der Waals surface area contributed by atoms with Gasteiger partial charge in [0.2, 0.25) is 0 Å². The lowest BCUT2D eigenvalue weighted by atomic mass is 9.60. The first-order valence-electron chi connectivity index (χ1n) is 7.10. The van der Waals surface area contributed by atoms with Gasteiger partial charge in [-0.15, -0.1) is 6.58 Å². The van der Waals surface area contributed by atoms with Gasteiger partial charge in [-0.05, 0) is 43.7 Å². The molecule has 1 heterocycles. The van der Waals surface area contributed by atoms with Crippen molar-refractivity contribution in [2.24, 2.45) is 0 Å². The van der Waals surface area contributed by atoms with Gasteiger partial charge in [0.25, 0.3) is 0 Å². The highest BCUT2D eigenvalue weighted by Gasteiger charge is 2.54. The molecule has 2 aliphatic carbocycles. The van der Waals surface area contributed by atoms with E-state index in [0.717, 1.165) is 31.4 Å². The summed E-state index contributed by atoms with van der Waals surface area (Å²) in [5.74, 6) is 1.02. The molecule has 0 amide bonds. The van der Waals surface area contributed by atoms with E-state index in [4.69, 9.17) is 4.74 Å². The number of hydrogen-bond donors (Lipinski definition) is 1. The Balaban J connectivity index is 2.03. The molecular weight excluding hydrogens is 236 g/mol. The Morgan fingerprint density at radius 2 is 2.37 bits per heavy atom. The summed E-state index contributed by atoms with van der Waals surface area (Å²) in [4.78, 5) is 0. The van der Waals surface area contributed by atoms with E-state index in [1.54, 1.807) is 6.07 Å². The van der Waals surface area contributed by atoms with Crippen LogP contribution in [0.1, 0.15) is 36.8 Å². The molecule has 4 rings (SSSR count). The van der Waals surface area contributed by atoms with Crippen molar-refractivity contribution < 1.29 is 9.84 Å². The summed E-state index contributed by atoms with van der Waals surface area (Å²) >= 11 is 0. The van der Waals surface area contributed by atoms with Crippen LogP contribution in [0.4, 0.5) is 0 Å². The van der Waals surface area contributed by atoms with Crippen LogP contribution in [-0.2, 0) is 11.8 Å². The second-order valence-corrected chi connectivity index (χ2v) is 5.84. The Morgan fingerprint density at radius 3 is 3.21 bits per heavy atom. The molecule has 1 N–H and O–H groups in total. The maximum Gasteiger partial charge on any atom is 0.165 e. The molecule has 1 saturated carbocycles. The molecule has 2 nitrogen and oxygen atoms in total. The molecule has 0 bridgehead atoms. The van der Waals surface area contributed by atoms with Crippen LogP contribution in [0.15, 0.2) is 36.4 Å². The minimum atomic E-state index is -0.0400. The number of ether oxygens (including phenoxy) is 1. The molecule has 0 saturated heterocycles. The van der Waals surface area contributed by atoms with Crippen molar-refractivity contribution in [1.82, 2.24) is 0 Å². The smallest absolute Gasteiger partial charge is 0.165 e. The summed E-state index contributed by atoms with van der Waals surface area (Å²) in [5.41, 5.74) is 4.01. The van der Waals surface area contributed by atoms with Crippen LogP contribution in [0.2, 0.25) is 0 Å². The SMILES string of the molecule is C=CC[C@]12C3=CCc4ccc(O)c(c41)O[C@H]2CCC3. The number of benzene rings is 1. The molecule has 0 unspecified atom stereocenters. The number of hydrogen-bond acceptors (Lipinski definition) is 2. The molecule has 0 aromatic heterocycles. The molecule has 1 fully saturated rings. The highest BCUT2D eigenvalue weighted by Crippen LogP contribution is 2.60. The molecular formula is C17H18O2. The fourth-order valence-corrected chi connectivity index (χ4v) is 4.28. The van der Waals surface area contributed by atoms with Crippen LogP contribution >= 0.6 is 0 Å². The third kappa shape index (κ3) is 1.22. The Morgan fingerprint density at radius 1 is 1.47 bits per heavy atom. The van der Waals surface area contributed by atoms with Gasteiger partial charge in [-0.25, -0.2) is 0 Å². The third-order valence-corrected chi connectivity index (χ3v) is 5.00. The summed E-state index contributed by atoms with van der Waals surface area (Å²) < 4.78 is 6.15. The standard InChI is InChI=1S/C17H18O2/c1-2-10-17-12-4-3-5-14(17)19-16-13(18)9-7-11(6-8-12)15(16)17/h2,7-9,14,18H,1,3-6,10H2/t14-,17+/m0/s1. The summed E-state index contributed by atoms with van der Waals surface area (Å²) in [6, 6.07) is 3.82. The fourth-order valence-electron chi connectivity index (χ4n) is 4.28. The zero-order valence-corrected chi connectivity index (χ0v) is 11.0. The van der Waals surface area contributed by atoms with E-state index in [9.17, 15) is 5.11 Å². The molecule has 1 aliphatic heterocycles. The van der Waals surface area contributed by atoms with Gasteiger partial charge in [-0.3, -0.25) is 0 Å². The minimum absolute atomic E-state index is 0.0400. The minimum Gasteiger partial charge on any atom is -0.504 e. The monoisotopic (exact) mass is 254 g/mol. The van der Waals surface area contributed by atoms with E-state index in [-0.39, 0.29) is 17.3 Å². The molecule has 2 atom stereocenters. The van der Waals surface area contributed by atoms with Crippen molar-refractivity contribution in [3.8, 4) is 11.5 Å². The van der Waals surface area contributed by atoms with Crippen LogP contribution in [0, 0.1) is 0 Å². The lowest BCUT2D eigenvalue weighted by molar-refractivity contribution is 0.131. The Kier molecular flexibility index (Phi) is 2.15. The predicted molar refractivity (Wildman–Crippen MR) is 74.7 cm³/mol. The zero-order chi connectivity index (χ0) is 13.0. The second-order valence-electron chi connectivity index (χ2n) is 5.84. The summed E-state index contributed by atoms with van der Waals surface area (Å²) in [6.07, 6.45) is 9.84. The van der Waals surface area contributed by atoms with Crippen LogP contribution in [0.3, 0.4) is 0 Å². The first-order chi connectivity index (χ1) is 9.27. The molecule has 3 aliphatic rings. The molecule has 98 valence electrons. The summed E-state index contributed by atoms with van der Waals surface area (Å²) in [6.45, 7) is 3.95. The first kappa shape index (κ1) is 11.2. The van der Waals surface area contributed by atoms with Crippen LogP contribution in [0.5, 0.6) is 11.5 Å². The summed E-state index contributed by atoms with van der Waals surface area (Å²) in [5, 5.41) is 10.1. The lowest BCUT2D eigenvalue weighted by Crippen LogP contribution is -2.44. The molecule has 2 heteroatoms. The van der Waals surface area contributed by atoms with E-state index in [0.29, 0.717) is 0 Å². The van der Waals surface area contributed by atoms with Crippen molar-refractivity contribution in [3.63, 3.8) is 0 Å². The topological polar surface area (TPSA) is 29.5 Å². The van der Waals surface area contributed by atoms with E-state index >= 15 is 0 Å². The number of phenols is 1. The van der Waals surface area contributed by atoms with Gasteiger partial charge < -0.3 is 9.84 Å². The Labute approximate surface area is 113 Å². The van der Waals surface area contributed by atoms with E-state index in [1.807, 2.05) is 12.1 Å². The predicted octanol–water partition coefficient (Wildman–Crippen LogP) is 3.63. The van der Waals surface area contributed by atoms with Gasteiger partial charge in [0.05, 0.1) is 5.41 Å². The molecule has 0 spiro atoms. The van der Waals surface area contributed by atoms with Gasteiger partial charge >= 0.3 is 0 Å². The average Bonchev–Trinajstić information content (AvgIpc) is 2.76. The van der Waals surface area contributed by atoms with Crippen molar-refractivity contribution in [2.75, 3.05) is 0 Å². The third-order valence-electron chi connectivity index (χ3n) is 5.00. The van der Waals surface area contributed by atoms with Gasteiger partial charge in [0.1, 0.15) is 6.10 Å². The van der Waals surface area contributed by atoms with Crippen LogP contribution in [0.25, 0.3) is 0 Å². The van der Waals surface area contributed by atoms with Crippen molar-refractivity contribution in [3.05, 3.63) is 47.6 Å². The molecule has 0 radical (unpaired) electrons. The van der Waals surface area contributed by atoms with E-state index in [1.165, 1.54) is 23.1 Å². The quantitative estimate of drug-likeness (QED) is 0.817. The average molecular weight is 254 g/mol. The maximum atomic E-state index is 10.1. The highest BCUT2D eigenvalue weighted by atomic mass is 16.5. The van der Waals surface area contributed by atoms with E-state index < -0.39 is 0 Å². The number of aromatic hydroxyl groups is 1. The zero-order valence-electron chi connectivity index (χ0n) is 11.0. The van der Waals surface area contributed by atoms with Gasteiger partial charge in [0.15, 0.2) is 11.5 Å². The highest BCUT2D eigenvalue weighted by molar-refractivity contribution is 5.63. The van der Waals surface area contributed by atoms with Gasteiger partial charge in [0, 0.05) is 5.56 Å². The van der Waals surface area contributed by atoms with Crippen molar-refractivity contribution in [2.45, 2.75) is 43.6 Å². The van der Waals surface area contributed by atoms with Crippen molar-refractivity contribution >= 4 is 0 Å². The van der Waals surface area contributed by atoms with Crippen LogP contribution in [-0.4, -0.2) is 11.2 Å². The Bertz CT molecular complexity index is 600. The largest absolute Gasteiger partial charge is 0.504 e. The van der Waals surface area contributed by atoms with Gasteiger partial charge in [-0.2, -0.15) is 0 Å². The second kappa shape index (κ2) is 3.66. The van der Waals surface area contributed by atoms with Gasteiger partial charge in [-0.1, -0.05) is 23.8 Å². The number of allylic oxidation sites excluding steroid dienone is 2. The first-order valence-corrected chi connectivity index (χ1v) is 7.10. The fraction of sp³-hybridized carbons (Fsp3) is 0.412. The Hall–Kier alpha value is -1.70. The van der Waals surface area contributed by atoms with E-state index in [2.05, 4.69) is 12.7 Å². The molecule has 1 aromatic carbocycles. The number of phenolic OH excluding ortho intramolecular Hbond substituents is 1. The molecule has 1 aromatic rings. The van der Waals surface area contributed by atoms with Crippen molar-refractivity contribution in [1.29, 1.82) is 0 Å². The van der Waals surface area contributed by atoms with Crippen LogP contribution < -0.4 is 4.74 Å². The summed E-state index contributed by atoms with van der Waals surface area (Å²) in [7, 11) is 0. The normalized spacial score (nSPS) is 30.3. The molecule has 19 heavy (non-hydrogen) atoms. The maximum absolute atomic E-state index is 10.1.